The van der Waals surface area contributed by atoms with Gasteiger partial charge in [0.2, 0.25) is 6.41 Å². The topological polar surface area (TPSA) is 97.5 Å². The van der Waals surface area contributed by atoms with Gasteiger partial charge in [-0.1, -0.05) is 11.6 Å². The molecule has 1 N–H and O–H groups in total. The Bertz CT molecular complexity index is 1550. The molecule has 3 aromatic heterocycles. The molecule has 1 aliphatic carbocycles. The van der Waals surface area contributed by atoms with Gasteiger partial charge in [-0.3, -0.25) is 24.0 Å². The SMILES string of the molecule is C/C(=C/C(OCc1ncc(C2CC2)cc1F)=C(\C)Cl)N(C=O)c1cc(-n2cccc(C(C)(C)O)c2=O)ncc1C. The van der Waals surface area contributed by atoms with Crippen molar-refractivity contribution in [1.82, 2.24) is 14.5 Å². The molecule has 0 unspecified atom stereocenters. The van der Waals surface area contributed by atoms with E-state index in [-0.39, 0.29) is 29.4 Å². The monoisotopic (exact) mass is 566 g/mol. The van der Waals surface area contributed by atoms with Crippen molar-refractivity contribution in [3.63, 3.8) is 0 Å². The smallest absolute Gasteiger partial charge is 0.262 e. The number of anilines is 1. The number of allylic oxidation sites excluding steroid dienone is 3. The predicted molar refractivity (Wildman–Crippen MR) is 152 cm³/mol. The Morgan fingerprint density at radius 1 is 1.27 bits per heavy atom. The van der Waals surface area contributed by atoms with E-state index >= 15 is 0 Å². The second-order valence-corrected chi connectivity index (χ2v) is 11.0. The molecule has 10 heteroatoms. The van der Waals surface area contributed by atoms with Crippen LogP contribution in [0.5, 0.6) is 0 Å². The Labute approximate surface area is 237 Å². The Hall–Kier alpha value is -3.82. The van der Waals surface area contributed by atoms with Crippen LogP contribution in [0.4, 0.5) is 10.1 Å². The molecule has 0 aliphatic heterocycles. The highest BCUT2D eigenvalue weighted by Gasteiger charge is 2.25. The largest absolute Gasteiger partial charge is 0.486 e. The van der Waals surface area contributed by atoms with Crippen LogP contribution in [0.15, 0.2) is 70.2 Å². The van der Waals surface area contributed by atoms with Gasteiger partial charge in [-0.15, -0.1) is 0 Å². The molecular formula is C30H32ClFN4O4. The summed E-state index contributed by atoms with van der Waals surface area (Å²) >= 11 is 6.29. The molecule has 0 radical (unpaired) electrons. The number of rotatable bonds is 10. The predicted octanol–water partition coefficient (Wildman–Crippen LogP) is 5.73. The Balaban J connectivity index is 1.61. The van der Waals surface area contributed by atoms with Crippen molar-refractivity contribution in [2.75, 3.05) is 4.90 Å². The number of hydrogen-bond donors (Lipinski definition) is 1. The Kier molecular flexibility index (Phi) is 8.56. The van der Waals surface area contributed by atoms with E-state index in [0.717, 1.165) is 18.4 Å². The molecule has 0 saturated heterocycles. The fraction of sp³-hybridized carbons (Fsp3) is 0.333. The van der Waals surface area contributed by atoms with E-state index in [1.165, 1.54) is 29.4 Å². The molecule has 3 aromatic rings. The van der Waals surface area contributed by atoms with Gasteiger partial charge in [-0.25, -0.2) is 9.37 Å². The average Bonchev–Trinajstić information content (AvgIpc) is 3.74. The quantitative estimate of drug-likeness (QED) is 0.191. The molecular weight excluding hydrogens is 535 g/mol. The summed E-state index contributed by atoms with van der Waals surface area (Å²) in [6.45, 7) is 8.03. The number of amides is 1. The van der Waals surface area contributed by atoms with Gasteiger partial charge in [-0.05, 0) is 82.7 Å². The van der Waals surface area contributed by atoms with Crippen LogP contribution in [-0.4, -0.2) is 26.1 Å². The number of aromatic nitrogens is 3. The maximum Gasteiger partial charge on any atom is 0.262 e. The van der Waals surface area contributed by atoms with E-state index in [4.69, 9.17) is 16.3 Å². The minimum atomic E-state index is -1.35. The first-order valence-electron chi connectivity index (χ1n) is 12.9. The highest BCUT2D eigenvalue weighted by atomic mass is 35.5. The second-order valence-electron chi connectivity index (χ2n) is 10.4. The van der Waals surface area contributed by atoms with Crippen molar-refractivity contribution in [3.05, 3.63) is 104 Å². The molecule has 210 valence electrons. The van der Waals surface area contributed by atoms with Gasteiger partial charge in [0, 0.05) is 42.0 Å². The van der Waals surface area contributed by atoms with Crippen LogP contribution in [0.25, 0.3) is 5.82 Å². The fourth-order valence-electron chi connectivity index (χ4n) is 4.24. The van der Waals surface area contributed by atoms with E-state index in [2.05, 4.69) is 9.97 Å². The summed E-state index contributed by atoms with van der Waals surface area (Å²) in [6.07, 6.45) is 9.09. The molecule has 0 spiro atoms. The zero-order valence-electron chi connectivity index (χ0n) is 23.1. The van der Waals surface area contributed by atoms with E-state index in [0.29, 0.717) is 34.3 Å². The highest BCUT2D eigenvalue weighted by Crippen LogP contribution is 2.40. The van der Waals surface area contributed by atoms with Crippen LogP contribution in [0, 0.1) is 12.7 Å². The molecule has 0 aromatic carbocycles. The van der Waals surface area contributed by atoms with Gasteiger partial charge in [0.15, 0.2) is 0 Å². The van der Waals surface area contributed by atoms with Gasteiger partial charge in [-0.2, -0.15) is 0 Å². The minimum Gasteiger partial charge on any atom is -0.486 e. The van der Waals surface area contributed by atoms with Crippen molar-refractivity contribution >= 4 is 23.7 Å². The number of pyridine rings is 3. The van der Waals surface area contributed by atoms with Gasteiger partial charge in [0.25, 0.3) is 5.56 Å². The zero-order chi connectivity index (χ0) is 29.2. The third-order valence-corrected chi connectivity index (χ3v) is 6.88. The molecule has 1 fully saturated rings. The lowest BCUT2D eigenvalue weighted by Gasteiger charge is -2.22. The van der Waals surface area contributed by atoms with E-state index in [9.17, 15) is 19.1 Å². The van der Waals surface area contributed by atoms with Gasteiger partial charge < -0.3 is 9.84 Å². The lowest BCUT2D eigenvalue weighted by atomic mass is 10.0. The van der Waals surface area contributed by atoms with Crippen molar-refractivity contribution in [1.29, 1.82) is 0 Å². The van der Waals surface area contributed by atoms with Crippen molar-refractivity contribution in [2.24, 2.45) is 0 Å². The first-order valence-corrected chi connectivity index (χ1v) is 13.3. The van der Waals surface area contributed by atoms with Crippen molar-refractivity contribution in [2.45, 2.75) is 65.6 Å². The summed E-state index contributed by atoms with van der Waals surface area (Å²) in [5, 5.41) is 10.7. The second kappa shape index (κ2) is 11.7. The first kappa shape index (κ1) is 29.2. The summed E-state index contributed by atoms with van der Waals surface area (Å²) in [4.78, 5) is 35.3. The summed E-state index contributed by atoms with van der Waals surface area (Å²) < 4.78 is 21.7. The van der Waals surface area contributed by atoms with Crippen LogP contribution in [0.2, 0.25) is 0 Å². The molecule has 1 saturated carbocycles. The molecule has 1 amide bonds. The molecule has 3 heterocycles. The fourth-order valence-corrected chi connectivity index (χ4v) is 4.35. The number of carbonyl (C=O) groups excluding carboxylic acids is 1. The van der Waals surface area contributed by atoms with Crippen molar-refractivity contribution < 1.29 is 19.0 Å². The van der Waals surface area contributed by atoms with Crippen LogP contribution in [0.1, 0.15) is 68.8 Å². The standard InChI is InChI=1S/C30H32ClFN4O4/c1-18-14-34-28(35-10-6-7-23(29(35)38)30(4,5)39)13-26(18)36(17-37)19(2)11-27(20(3)31)40-16-25-24(32)12-22(15-33-25)21-8-9-21/h6-7,10-15,17,21,39H,8-9,16H2,1-5H3/b19-11-,27-20-. The summed E-state index contributed by atoms with van der Waals surface area (Å²) in [6, 6.07) is 6.31. The zero-order valence-corrected chi connectivity index (χ0v) is 23.9. The third kappa shape index (κ3) is 6.48. The molecule has 0 atom stereocenters. The number of nitrogens with zero attached hydrogens (tertiary/aromatic N) is 4. The van der Waals surface area contributed by atoms with Gasteiger partial charge in [0.05, 0.1) is 16.3 Å². The number of aryl methyl sites for hydroxylation is 1. The maximum absolute atomic E-state index is 14.6. The van der Waals surface area contributed by atoms with Gasteiger partial charge in [0.1, 0.15) is 29.7 Å². The number of halogens is 2. The number of hydrogen-bond acceptors (Lipinski definition) is 6. The number of carbonyl (C=O) groups is 1. The summed E-state index contributed by atoms with van der Waals surface area (Å²) in [7, 11) is 0. The number of ether oxygens (including phenoxy) is 1. The molecule has 0 bridgehead atoms. The molecule has 4 rings (SSSR count). The van der Waals surface area contributed by atoms with Crippen LogP contribution in [-0.2, 0) is 21.7 Å². The molecule has 1 aliphatic rings. The van der Waals surface area contributed by atoms with E-state index in [1.54, 1.807) is 63.6 Å². The highest BCUT2D eigenvalue weighted by molar-refractivity contribution is 6.29. The molecule has 40 heavy (non-hydrogen) atoms. The summed E-state index contributed by atoms with van der Waals surface area (Å²) in [5.74, 6) is 0.473. The van der Waals surface area contributed by atoms with Crippen LogP contribution in [0.3, 0.4) is 0 Å². The summed E-state index contributed by atoms with van der Waals surface area (Å²) in [5.41, 5.74) is 1.10. The minimum absolute atomic E-state index is 0.139. The van der Waals surface area contributed by atoms with Crippen LogP contribution < -0.4 is 10.5 Å². The Morgan fingerprint density at radius 3 is 2.60 bits per heavy atom. The lowest BCUT2D eigenvalue weighted by molar-refractivity contribution is -0.107. The van der Waals surface area contributed by atoms with Crippen molar-refractivity contribution in [3.8, 4) is 5.82 Å². The number of aliphatic hydroxyl groups is 1. The van der Waals surface area contributed by atoms with Gasteiger partial charge >= 0.3 is 0 Å². The lowest BCUT2D eigenvalue weighted by Crippen LogP contribution is -2.31. The third-order valence-electron chi connectivity index (χ3n) is 6.69. The maximum atomic E-state index is 14.6. The van der Waals surface area contributed by atoms with Crippen LogP contribution >= 0.6 is 11.6 Å². The normalized spacial score (nSPS) is 14.6. The molecule has 8 nitrogen and oxygen atoms in total. The first-order chi connectivity index (χ1) is 18.9. The van der Waals surface area contributed by atoms with E-state index in [1.807, 2.05) is 0 Å². The van der Waals surface area contributed by atoms with E-state index < -0.39 is 17.0 Å². The average molecular weight is 567 g/mol. The Morgan fingerprint density at radius 2 is 2.00 bits per heavy atom.